The highest BCUT2D eigenvalue weighted by atomic mass is 32.2. The smallest absolute Gasteiger partial charge is 0.344 e. The van der Waals surface area contributed by atoms with Crippen molar-refractivity contribution in [3.05, 3.63) is 71.9 Å². The van der Waals surface area contributed by atoms with Crippen LogP contribution >= 0.6 is 94.1 Å². The Morgan fingerprint density at radius 1 is 0.714 bits per heavy atom. The first-order valence-corrected chi connectivity index (χ1v) is 29.5. The number of anilines is 1. The second-order valence-corrected chi connectivity index (χ2v) is 32.2. The lowest BCUT2D eigenvalue weighted by Crippen LogP contribution is -2.54. The van der Waals surface area contributed by atoms with Gasteiger partial charge in [0.25, 0.3) is 0 Å². The summed E-state index contributed by atoms with van der Waals surface area (Å²) in [5.74, 6) is 0.341. The number of nitrogen functional groups attached to an aromatic ring is 1. The summed E-state index contributed by atoms with van der Waals surface area (Å²) < 4.78 is 43.0. The van der Waals surface area contributed by atoms with E-state index >= 15 is 0 Å². The molecule has 7 heterocycles. The van der Waals surface area contributed by atoms with E-state index in [4.69, 9.17) is 28.2 Å². The standard InChI is InChI=1S/C36H49N5O5S8Si2/c1-21(2)55(22(3)4,42-14-25-17-51-35(53-25)33-47-9-10-48-33)44-16-28-27(13-29(45-28)41-20-40-30-31(37)38-19-39-32(30)41)46-56(23(5)6,24(7)8)43-15-26-18-52-36(54-26)34-49-11-12-50-34/h9-12,17-24,27-29H,13-16H2,1-8H3,(H2,37,38,39)/t27-,28+,29+/m0/s1. The van der Waals surface area contributed by atoms with Crippen LogP contribution in [0.25, 0.3) is 11.2 Å². The molecule has 5 aliphatic heterocycles. The van der Waals surface area contributed by atoms with E-state index in [-0.39, 0.29) is 34.4 Å². The maximum absolute atomic E-state index is 7.47. The molecule has 56 heavy (non-hydrogen) atoms. The number of ether oxygens (including phenoxy) is 1. The van der Waals surface area contributed by atoms with Crippen molar-refractivity contribution in [2.24, 2.45) is 0 Å². The van der Waals surface area contributed by atoms with Crippen molar-refractivity contribution in [1.82, 2.24) is 19.5 Å². The van der Waals surface area contributed by atoms with Crippen LogP contribution in [0, 0.1) is 0 Å². The van der Waals surface area contributed by atoms with E-state index in [0.29, 0.717) is 43.2 Å². The van der Waals surface area contributed by atoms with Crippen molar-refractivity contribution < 1.29 is 22.4 Å². The summed E-state index contributed by atoms with van der Waals surface area (Å²) in [5.41, 5.74) is 8.16. The average Bonchev–Trinajstić information content (AvgIpc) is 4.00. The van der Waals surface area contributed by atoms with Crippen molar-refractivity contribution in [2.45, 2.75) is 102 Å². The van der Waals surface area contributed by atoms with Crippen molar-refractivity contribution in [2.75, 3.05) is 25.6 Å². The van der Waals surface area contributed by atoms with Gasteiger partial charge in [-0.2, -0.15) is 0 Å². The number of nitrogens with zero attached hydrogens (tertiary/aromatic N) is 4. The van der Waals surface area contributed by atoms with Crippen LogP contribution in [0.3, 0.4) is 0 Å². The van der Waals surface area contributed by atoms with E-state index in [9.17, 15) is 0 Å². The van der Waals surface area contributed by atoms with Crippen LogP contribution in [0.4, 0.5) is 5.82 Å². The summed E-state index contributed by atoms with van der Waals surface area (Å²) >= 11 is 14.4. The Bertz CT molecular complexity index is 1920. The Kier molecular flexibility index (Phi) is 15.1. The lowest BCUT2D eigenvalue weighted by Gasteiger charge is -2.41. The van der Waals surface area contributed by atoms with Gasteiger partial charge in [-0.3, -0.25) is 4.57 Å². The van der Waals surface area contributed by atoms with Crippen molar-refractivity contribution in [1.29, 1.82) is 0 Å². The van der Waals surface area contributed by atoms with Gasteiger partial charge in [-0.15, -0.1) is 0 Å². The number of hydrogen-bond donors (Lipinski definition) is 1. The molecule has 5 aliphatic rings. The minimum Gasteiger partial charge on any atom is -0.391 e. The van der Waals surface area contributed by atoms with E-state index in [1.54, 1.807) is 76.9 Å². The van der Waals surface area contributed by atoms with Gasteiger partial charge in [-0.25, -0.2) is 15.0 Å². The second-order valence-electron chi connectivity index (χ2n) is 14.8. The highest BCUT2D eigenvalue weighted by molar-refractivity contribution is 8.34. The lowest BCUT2D eigenvalue weighted by atomic mass is 10.2. The number of rotatable bonds is 16. The zero-order valence-corrected chi connectivity index (χ0v) is 41.2. The molecule has 0 saturated carbocycles. The fourth-order valence-corrected chi connectivity index (χ4v) is 23.5. The third-order valence-corrected chi connectivity index (χ3v) is 29.0. The van der Waals surface area contributed by atoms with Crippen LogP contribution in [0.2, 0.25) is 22.2 Å². The van der Waals surface area contributed by atoms with E-state index < -0.39 is 23.3 Å². The zero-order valence-electron chi connectivity index (χ0n) is 32.7. The molecule has 20 heteroatoms. The lowest BCUT2D eigenvalue weighted by molar-refractivity contribution is -0.0480. The Balaban J connectivity index is 1.12. The minimum absolute atomic E-state index is 0.183. The zero-order chi connectivity index (χ0) is 39.6. The van der Waals surface area contributed by atoms with Crippen LogP contribution in [-0.2, 0) is 22.4 Å². The van der Waals surface area contributed by atoms with E-state index in [1.807, 2.05) is 28.1 Å². The summed E-state index contributed by atoms with van der Waals surface area (Å²) in [6, 6.07) is 0. The third kappa shape index (κ3) is 9.49. The van der Waals surface area contributed by atoms with Crippen LogP contribution in [0.1, 0.15) is 68.0 Å². The topological polar surface area (TPSA) is 116 Å². The van der Waals surface area contributed by atoms with Gasteiger partial charge < -0.3 is 28.2 Å². The minimum atomic E-state index is -2.88. The molecule has 0 radical (unpaired) electrons. The molecule has 10 nitrogen and oxygen atoms in total. The van der Waals surface area contributed by atoms with E-state index in [2.05, 4.69) is 103 Å². The Hall–Kier alpha value is -0.176. The molecule has 1 fully saturated rings. The highest BCUT2D eigenvalue weighted by Gasteiger charge is 2.52. The molecule has 0 unspecified atom stereocenters. The van der Waals surface area contributed by atoms with Crippen LogP contribution in [0.15, 0.2) is 71.9 Å². The maximum Gasteiger partial charge on any atom is 0.344 e. The van der Waals surface area contributed by atoms with Gasteiger partial charge in [0.2, 0.25) is 0 Å². The first kappa shape index (κ1) is 43.9. The molecule has 0 aromatic carbocycles. The highest BCUT2D eigenvalue weighted by Crippen LogP contribution is 2.55. The van der Waals surface area contributed by atoms with Crippen LogP contribution in [0.5, 0.6) is 0 Å². The SMILES string of the molecule is CC(C)[Si](OCC1=CSC(=C2SC=CS2)S1)(OC[C@H]1O[C@@H](n2cnc3c(N)ncnc32)C[C@@H]1O[Si](OCC1=CSC(=C2SC=CS2)S1)(C(C)C)C(C)C)C(C)C. The molecule has 3 atom stereocenters. The molecule has 2 N–H and O–H groups in total. The quantitative estimate of drug-likeness (QED) is 0.161. The Morgan fingerprint density at radius 2 is 1.25 bits per heavy atom. The van der Waals surface area contributed by atoms with Crippen LogP contribution < -0.4 is 5.73 Å². The maximum atomic E-state index is 7.47. The number of nitrogens with two attached hydrogens (primary N) is 1. The van der Waals surface area contributed by atoms with Gasteiger partial charge in [0.15, 0.2) is 11.5 Å². The molecule has 304 valence electrons. The van der Waals surface area contributed by atoms with Crippen LogP contribution in [-0.4, -0.2) is 68.7 Å². The predicted octanol–water partition coefficient (Wildman–Crippen LogP) is 12.5. The fraction of sp³-hybridized carbons (Fsp3) is 0.528. The normalized spacial score (nSPS) is 23.2. The summed E-state index contributed by atoms with van der Waals surface area (Å²) in [7, 11) is -5.68. The van der Waals surface area contributed by atoms with Crippen molar-refractivity contribution >= 4 is 128 Å². The second kappa shape index (κ2) is 19.3. The van der Waals surface area contributed by atoms with E-state index in [1.165, 1.54) is 33.1 Å². The van der Waals surface area contributed by atoms with Gasteiger partial charge in [0, 0.05) is 16.2 Å². The first-order chi connectivity index (χ1) is 26.9. The van der Waals surface area contributed by atoms with Gasteiger partial charge >= 0.3 is 17.1 Å². The number of imidazole rings is 1. The van der Waals surface area contributed by atoms with Gasteiger partial charge in [-0.05, 0) is 54.6 Å². The summed E-state index contributed by atoms with van der Waals surface area (Å²) in [6.07, 6.45) is 2.71. The summed E-state index contributed by atoms with van der Waals surface area (Å²) in [5, 5.41) is 13.0. The van der Waals surface area contributed by atoms with Crippen molar-refractivity contribution in [3.8, 4) is 0 Å². The first-order valence-electron chi connectivity index (χ1n) is 18.6. The fourth-order valence-electron chi connectivity index (χ4n) is 7.21. The average molecular weight is 945 g/mol. The van der Waals surface area contributed by atoms with Gasteiger partial charge in [0.05, 0.1) is 49.2 Å². The summed E-state index contributed by atoms with van der Waals surface area (Å²) in [4.78, 5) is 15.7. The molecule has 7 rings (SSSR count). The molecule has 0 aliphatic carbocycles. The predicted molar refractivity (Wildman–Crippen MR) is 252 cm³/mol. The number of thioether (sulfide) groups is 8. The Morgan fingerprint density at radius 3 is 1.79 bits per heavy atom. The summed E-state index contributed by atoms with van der Waals surface area (Å²) in [6.45, 7) is 19.3. The molecule has 0 spiro atoms. The van der Waals surface area contributed by atoms with Crippen molar-refractivity contribution in [3.63, 3.8) is 0 Å². The van der Waals surface area contributed by atoms with Gasteiger partial charge in [0.1, 0.15) is 24.2 Å². The third-order valence-electron chi connectivity index (χ3n) is 9.97. The molecule has 0 amide bonds. The Labute approximate surface area is 366 Å². The number of aromatic nitrogens is 4. The largest absolute Gasteiger partial charge is 0.391 e. The molecular weight excluding hydrogens is 895 g/mol. The number of fused-ring (bicyclic) bond motifs is 1. The van der Waals surface area contributed by atoms with Gasteiger partial charge in [-0.1, -0.05) is 149 Å². The van der Waals surface area contributed by atoms with E-state index in [0.717, 1.165) is 0 Å². The molecule has 2 aromatic rings. The molecule has 1 saturated heterocycles. The molecule has 2 aromatic heterocycles. The molecule has 0 bridgehead atoms. The monoisotopic (exact) mass is 943 g/mol. The number of hydrogen-bond acceptors (Lipinski definition) is 17. The molecular formula is C36H49N5O5S8Si2.